The smallest absolute Gasteiger partial charge is 0.303 e. The minimum absolute atomic E-state index is 0.125. The van der Waals surface area contributed by atoms with E-state index < -0.39 is 5.97 Å². The van der Waals surface area contributed by atoms with E-state index in [9.17, 15) is 14.9 Å². The fourth-order valence-electron chi connectivity index (χ4n) is 3.58. The van der Waals surface area contributed by atoms with Gasteiger partial charge in [-0.3, -0.25) is 14.9 Å². The Hall–Kier alpha value is -1.39. The highest BCUT2D eigenvalue weighted by Gasteiger charge is 1.97. The molecular weight excluding hydrogens is 366 g/mol. The van der Waals surface area contributed by atoms with Gasteiger partial charge >= 0.3 is 5.97 Å². The standard InChI is InChI=1S/C24H45NO4/c26-24(27)22-20-18-16-14-12-10-8-6-4-2-1-3-5-7-9-11-13-15-17-19-21-23-25(28)29/h5,7H,1-4,6,8-23H2,(H,26,27)/b7-5-. The van der Waals surface area contributed by atoms with E-state index in [4.69, 9.17) is 5.11 Å². The number of hydrogen-bond acceptors (Lipinski definition) is 3. The molecule has 0 fully saturated rings. The van der Waals surface area contributed by atoms with Crippen molar-refractivity contribution in [2.45, 2.75) is 128 Å². The molecule has 0 radical (unpaired) electrons. The Morgan fingerprint density at radius 1 is 0.621 bits per heavy atom. The highest BCUT2D eigenvalue weighted by Crippen LogP contribution is 2.13. The molecule has 0 aliphatic heterocycles. The normalized spacial score (nSPS) is 11.3. The lowest BCUT2D eigenvalue weighted by Crippen LogP contribution is -1.99. The third-order valence-electron chi connectivity index (χ3n) is 5.39. The number of allylic oxidation sites excluding steroid dienone is 2. The maximum atomic E-state index is 10.4. The number of carboxylic acid groups (broad SMARTS) is 1. The molecule has 0 spiro atoms. The molecule has 0 aromatic carbocycles. The van der Waals surface area contributed by atoms with Gasteiger partial charge in [0.2, 0.25) is 6.54 Å². The summed E-state index contributed by atoms with van der Waals surface area (Å²) in [4.78, 5) is 20.4. The fraction of sp³-hybridized carbons (Fsp3) is 0.875. The van der Waals surface area contributed by atoms with Crippen molar-refractivity contribution in [3.8, 4) is 0 Å². The van der Waals surface area contributed by atoms with Crippen LogP contribution in [0.5, 0.6) is 0 Å². The molecule has 0 atom stereocenters. The van der Waals surface area contributed by atoms with Crippen molar-refractivity contribution in [3.05, 3.63) is 22.3 Å². The van der Waals surface area contributed by atoms with Gasteiger partial charge in [-0.1, -0.05) is 89.2 Å². The predicted molar refractivity (Wildman–Crippen MR) is 121 cm³/mol. The number of nitro groups is 1. The largest absolute Gasteiger partial charge is 0.481 e. The first-order valence-corrected chi connectivity index (χ1v) is 12.1. The number of nitrogens with zero attached hydrogens (tertiary/aromatic N) is 1. The lowest BCUT2D eigenvalue weighted by atomic mass is 10.0. The van der Waals surface area contributed by atoms with Crippen LogP contribution in [0.25, 0.3) is 0 Å². The van der Waals surface area contributed by atoms with E-state index >= 15 is 0 Å². The zero-order valence-electron chi connectivity index (χ0n) is 18.6. The van der Waals surface area contributed by atoms with Crippen LogP contribution >= 0.6 is 0 Å². The second-order valence-corrected chi connectivity index (χ2v) is 8.26. The molecule has 0 aliphatic carbocycles. The number of rotatable bonds is 23. The predicted octanol–water partition coefficient (Wildman–Crippen LogP) is 7.71. The summed E-state index contributed by atoms with van der Waals surface area (Å²) in [5.74, 6) is -0.670. The van der Waals surface area contributed by atoms with Crippen LogP contribution < -0.4 is 0 Å². The molecule has 0 aliphatic rings. The van der Waals surface area contributed by atoms with Crippen LogP contribution in [0.3, 0.4) is 0 Å². The summed E-state index contributed by atoms with van der Waals surface area (Å²) in [6, 6.07) is 0. The Kier molecular flexibility index (Phi) is 21.8. The summed E-state index contributed by atoms with van der Waals surface area (Å²) < 4.78 is 0. The van der Waals surface area contributed by atoms with Crippen LogP contribution in [-0.2, 0) is 4.79 Å². The first-order valence-electron chi connectivity index (χ1n) is 12.1. The van der Waals surface area contributed by atoms with Crippen LogP contribution in [-0.4, -0.2) is 22.5 Å². The van der Waals surface area contributed by atoms with E-state index in [0.29, 0.717) is 6.42 Å². The molecule has 5 nitrogen and oxygen atoms in total. The van der Waals surface area contributed by atoms with Gasteiger partial charge < -0.3 is 5.11 Å². The molecular formula is C24H45NO4. The van der Waals surface area contributed by atoms with Crippen molar-refractivity contribution in [3.63, 3.8) is 0 Å². The van der Waals surface area contributed by atoms with E-state index in [1.54, 1.807) is 0 Å². The van der Waals surface area contributed by atoms with E-state index in [1.165, 1.54) is 89.9 Å². The molecule has 0 heterocycles. The van der Waals surface area contributed by atoms with Crippen LogP contribution in [0.1, 0.15) is 128 Å². The van der Waals surface area contributed by atoms with Gasteiger partial charge in [-0.25, -0.2) is 0 Å². The zero-order valence-corrected chi connectivity index (χ0v) is 18.6. The number of aliphatic carboxylic acids is 1. The maximum Gasteiger partial charge on any atom is 0.303 e. The number of hydrogen-bond donors (Lipinski definition) is 1. The van der Waals surface area contributed by atoms with Crippen molar-refractivity contribution in [2.75, 3.05) is 6.54 Å². The minimum atomic E-state index is -0.670. The Labute approximate surface area is 178 Å². The van der Waals surface area contributed by atoms with Crippen molar-refractivity contribution in [1.29, 1.82) is 0 Å². The van der Waals surface area contributed by atoms with E-state index in [2.05, 4.69) is 12.2 Å². The molecule has 0 unspecified atom stereocenters. The van der Waals surface area contributed by atoms with Gasteiger partial charge in [0, 0.05) is 17.8 Å². The second kappa shape index (κ2) is 22.9. The molecule has 29 heavy (non-hydrogen) atoms. The number of carboxylic acids is 1. The average molecular weight is 412 g/mol. The molecule has 0 aromatic heterocycles. The third-order valence-corrected chi connectivity index (χ3v) is 5.39. The monoisotopic (exact) mass is 411 g/mol. The van der Waals surface area contributed by atoms with Gasteiger partial charge in [0.15, 0.2) is 0 Å². The molecule has 0 saturated carbocycles. The lowest BCUT2D eigenvalue weighted by Gasteiger charge is -2.02. The Balaban J connectivity index is 3.10. The highest BCUT2D eigenvalue weighted by molar-refractivity contribution is 5.66. The van der Waals surface area contributed by atoms with Gasteiger partial charge in [-0.2, -0.15) is 0 Å². The molecule has 0 rings (SSSR count). The van der Waals surface area contributed by atoms with Gasteiger partial charge in [-0.05, 0) is 38.5 Å². The van der Waals surface area contributed by atoms with E-state index in [-0.39, 0.29) is 11.5 Å². The zero-order chi connectivity index (χ0) is 21.4. The van der Waals surface area contributed by atoms with Crippen LogP contribution in [0.4, 0.5) is 0 Å². The van der Waals surface area contributed by atoms with Crippen LogP contribution in [0, 0.1) is 10.1 Å². The van der Waals surface area contributed by atoms with Crippen LogP contribution in [0.2, 0.25) is 0 Å². The van der Waals surface area contributed by atoms with E-state index in [1.807, 2.05) is 0 Å². The van der Waals surface area contributed by atoms with Crippen molar-refractivity contribution in [2.24, 2.45) is 0 Å². The summed E-state index contributed by atoms with van der Waals surface area (Å²) in [5.41, 5.74) is 0. The van der Waals surface area contributed by atoms with Crippen molar-refractivity contribution in [1.82, 2.24) is 0 Å². The molecule has 170 valence electrons. The first kappa shape index (κ1) is 27.6. The topological polar surface area (TPSA) is 80.4 Å². The maximum absolute atomic E-state index is 10.4. The SMILES string of the molecule is O=C(O)CCCCCCCCCCCCC/C=C\CCCCCCCC[N+](=O)[O-]. The van der Waals surface area contributed by atoms with E-state index in [0.717, 1.165) is 32.1 Å². The molecule has 0 amide bonds. The molecule has 0 bridgehead atoms. The Morgan fingerprint density at radius 3 is 1.34 bits per heavy atom. The quantitative estimate of drug-likeness (QED) is 0.0808. The average Bonchev–Trinajstić information content (AvgIpc) is 2.68. The number of unbranched alkanes of at least 4 members (excludes halogenated alkanes) is 17. The van der Waals surface area contributed by atoms with Crippen molar-refractivity contribution < 1.29 is 14.8 Å². The summed E-state index contributed by atoms with van der Waals surface area (Å²) in [6.07, 6.45) is 27.5. The summed E-state index contributed by atoms with van der Waals surface area (Å²) >= 11 is 0. The van der Waals surface area contributed by atoms with Gasteiger partial charge in [-0.15, -0.1) is 0 Å². The molecule has 1 N–H and O–H groups in total. The summed E-state index contributed by atoms with van der Waals surface area (Å²) in [5, 5.41) is 18.8. The fourth-order valence-corrected chi connectivity index (χ4v) is 3.58. The summed E-state index contributed by atoms with van der Waals surface area (Å²) in [6.45, 7) is 0.125. The first-order chi connectivity index (χ1) is 14.1. The van der Waals surface area contributed by atoms with Gasteiger partial charge in [0.1, 0.15) is 0 Å². The van der Waals surface area contributed by atoms with Crippen LogP contribution in [0.15, 0.2) is 12.2 Å². The molecule has 0 aromatic rings. The lowest BCUT2D eigenvalue weighted by molar-refractivity contribution is -0.480. The third kappa shape index (κ3) is 26.6. The second-order valence-electron chi connectivity index (χ2n) is 8.26. The molecule has 0 saturated heterocycles. The van der Waals surface area contributed by atoms with Crippen molar-refractivity contribution >= 4 is 5.97 Å². The minimum Gasteiger partial charge on any atom is -0.481 e. The summed E-state index contributed by atoms with van der Waals surface area (Å²) in [7, 11) is 0. The Bertz CT molecular complexity index is 410. The molecule has 5 heteroatoms. The van der Waals surface area contributed by atoms with Gasteiger partial charge in [0.25, 0.3) is 0 Å². The highest BCUT2D eigenvalue weighted by atomic mass is 16.6. The number of carbonyl (C=O) groups is 1. The Morgan fingerprint density at radius 2 is 0.966 bits per heavy atom. The van der Waals surface area contributed by atoms with Gasteiger partial charge in [0.05, 0.1) is 0 Å².